The fourth-order valence-electron chi connectivity index (χ4n) is 2.37. The van der Waals surface area contributed by atoms with Crippen LogP contribution in [0.3, 0.4) is 0 Å². The van der Waals surface area contributed by atoms with Gasteiger partial charge in [-0.1, -0.05) is 0 Å². The average molecular weight is 288 g/mol. The van der Waals surface area contributed by atoms with Gasteiger partial charge in [0.25, 0.3) is 0 Å². The van der Waals surface area contributed by atoms with Crippen molar-refractivity contribution < 1.29 is 14.7 Å². The van der Waals surface area contributed by atoms with Gasteiger partial charge in [0.05, 0.1) is 12.0 Å². The summed E-state index contributed by atoms with van der Waals surface area (Å²) in [6.45, 7) is 0.623. The van der Waals surface area contributed by atoms with Gasteiger partial charge in [-0.2, -0.15) is 11.8 Å². The fraction of sp³-hybridized carbons (Fsp3) is 0.846. The zero-order chi connectivity index (χ0) is 14.3. The van der Waals surface area contributed by atoms with E-state index >= 15 is 0 Å². The van der Waals surface area contributed by atoms with Crippen molar-refractivity contribution in [2.75, 3.05) is 18.6 Å². The summed E-state index contributed by atoms with van der Waals surface area (Å²) < 4.78 is 0. The molecule has 1 aliphatic rings. The minimum absolute atomic E-state index is 0.0885. The van der Waals surface area contributed by atoms with Crippen LogP contribution >= 0.6 is 11.8 Å². The highest BCUT2D eigenvalue weighted by atomic mass is 32.2. The molecule has 1 aliphatic carbocycles. The molecule has 1 rings (SSSR count). The molecule has 1 amide bonds. The lowest BCUT2D eigenvalue weighted by Gasteiger charge is -2.26. The van der Waals surface area contributed by atoms with E-state index < -0.39 is 12.0 Å². The number of aliphatic carboxylic acids is 1. The molecule has 5 nitrogen and oxygen atoms in total. The van der Waals surface area contributed by atoms with Crippen LogP contribution in [-0.4, -0.2) is 41.6 Å². The number of thioether (sulfide) groups is 1. The maximum absolute atomic E-state index is 11.7. The monoisotopic (exact) mass is 288 g/mol. The first-order valence-electron chi connectivity index (χ1n) is 6.79. The number of carbonyl (C=O) groups excluding carboxylic acids is 1. The molecule has 0 bridgehead atoms. The number of carbonyl (C=O) groups is 2. The van der Waals surface area contributed by atoms with Crippen molar-refractivity contribution in [3.63, 3.8) is 0 Å². The zero-order valence-electron chi connectivity index (χ0n) is 11.4. The van der Waals surface area contributed by atoms with Crippen LogP contribution in [0, 0.1) is 11.8 Å². The van der Waals surface area contributed by atoms with Gasteiger partial charge >= 0.3 is 5.97 Å². The lowest BCUT2D eigenvalue weighted by Crippen LogP contribution is -2.43. The minimum Gasteiger partial charge on any atom is -0.481 e. The molecule has 0 aromatic heterocycles. The van der Waals surface area contributed by atoms with Crippen molar-refractivity contribution in [3.05, 3.63) is 0 Å². The molecule has 0 saturated heterocycles. The van der Waals surface area contributed by atoms with Gasteiger partial charge < -0.3 is 16.2 Å². The molecule has 0 spiro atoms. The van der Waals surface area contributed by atoms with Crippen LogP contribution in [0.1, 0.15) is 32.1 Å². The van der Waals surface area contributed by atoms with Crippen LogP contribution in [0.25, 0.3) is 0 Å². The van der Waals surface area contributed by atoms with Gasteiger partial charge in [-0.05, 0) is 50.0 Å². The molecule has 4 N–H and O–H groups in total. The Labute approximate surface area is 118 Å². The van der Waals surface area contributed by atoms with E-state index in [1.807, 2.05) is 6.26 Å². The van der Waals surface area contributed by atoms with E-state index in [1.165, 1.54) is 0 Å². The molecule has 0 aromatic carbocycles. The van der Waals surface area contributed by atoms with Crippen molar-refractivity contribution in [1.82, 2.24) is 5.32 Å². The first kappa shape index (κ1) is 16.3. The van der Waals surface area contributed by atoms with Gasteiger partial charge in [-0.15, -0.1) is 0 Å². The van der Waals surface area contributed by atoms with Gasteiger partial charge in [-0.3, -0.25) is 9.59 Å². The molecule has 1 unspecified atom stereocenters. The number of hydrogen-bond acceptors (Lipinski definition) is 4. The van der Waals surface area contributed by atoms with Crippen molar-refractivity contribution in [1.29, 1.82) is 0 Å². The Hall–Kier alpha value is -0.750. The minimum atomic E-state index is -0.693. The zero-order valence-corrected chi connectivity index (χ0v) is 12.2. The first-order valence-corrected chi connectivity index (χ1v) is 8.19. The van der Waals surface area contributed by atoms with Crippen molar-refractivity contribution >= 4 is 23.6 Å². The maximum Gasteiger partial charge on any atom is 0.306 e. The summed E-state index contributed by atoms with van der Waals surface area (Å²) in [5.74, 6) is 0.303. The van der Waals surface area contributed by atoms with Crippen LogP contribution in [0.5, 0.6) is 0 Å². The Morgan fingerprint density at radius 2 is 2.00 bits per heavy atom. The summed E-state index contributed by atoms with van der Waals surface area (Å²) in [6.07, 6.45) is 5.86. The van der Waals surface area contributed by atoms with E-state index in [9.17, 15) is 9.59 Å². The number of carboxylic acid groups (broad SMARTS) is 1. The normalized spacial score (nSPS) is 24.7. The molecular weight excluding hydrogens is 264 g/mol. The highest BCUT2D eigenvalue weighted by Crippen LogP contribution is 2.28. The highest BCUT2D eigenvalue weighted by Gasteiger charge is 2.26. The smallest absolute Gasteiger partial charge is 0.306 e. The van der Waals surface area contributed by atoms with Crippen molar-refractivity contribution in [3.8, 4) is 0 Å². The molecular formula is C13H24N2O3S. The molecule has 0 aromatic rings. The molecule has 6 heteroatoms. The third-order valence-electron chi connectivity index (χ3n) is 3.73. The number of carboxylic acids is 1. The fourth-order valence-corrected chi connectivity index (χ4v) is 2.86. The Morgan fingerprint density at radius 3 is 2.53 bits per heavy atom. The van der Waals surface area contributed by atoms with Gasteiger partial charge in [0.1, 0.15) is 0 Å². The van der Waals surface area contributed by atoms with E-state index in [0.717, 1.165) is 18.6 Å². The highest BCUT2D eigenvalue weighted by molar-refractivity contribution is 7.98. The lowest BCUT2D eigenvalue weighted by molar-refractivity contribution is -0.143. The Balaban J connectivity index is 2.19. The van der Waals surface area contributed by atoms with E-state index in [2.05, 4.69) is 5.32 Å². The summed E-state index contributed by atoms with van der Waals surface area (Å²) >= 11 is 1.68. The molecule has 0 radical (unpaired) electrons. The third kappa shape index (κ3) is 5.82. The van der Waals surface area contributed by atoms with Crippen LogP contribution in [0.2, 0.25) is 0 Å². The van der Waals surface area contributed by atoms with Crippen molar-refractivity contribution in [2.24, 2.45) is 17.6 Å². The third-order valence-corrected chi connectivity index (χ3v) is 4.37. The topological polar surface area (TPSA) is 92.4 Å². The van der Waals surface area contributed by atoms with Gasteiger partial charge in [0.15, 0.2) is 0 Å². The van der Waals surface area contributed by atoms with Crippen molar-refractivity contribution in [2.45, 2.75) is 38.1 Å². The number of nitrogens with one attached hydrogen (secondary N) is 1. The van der Waals surface area contributed by atoms with E-state index in [-0.39, 0.29) is 11.8 Å². The summed E-state index contributed by atoms with van der Waals surface area (Å²) in [7, 11) is 0. The van der Waals surface area contributed by atoms with Crippen LogP contribution in [0.15, 0.2) is 0 Å². The van der Waals surface area contributed by atoms with Crippen LogP contribution in [0.4, 0.5) is 0 Å². The van der Waals surface area contributed by atoms with Gasteiger partial charge in [0.2, 0.25) is 5.91 Å². The summed E-state index contributed by atoms with van der Waals surface area (Å²) in [5.41, 5.74) is 5.78. The second kappa shape index (κ2) is 8.43. The summed E-state index contributed by atoms with van der Waals surface area (Å²) in [6, 6.07) is -0.428. The second-order valence-corrected chi connectivity index (χ2v) is 6.17. The SMILES string of the molecule is CSCCC(N)C(=O)NCC1CCC(C(=O)O)CC1. The Kier molecular flexibility index (Phi) is 7.23. The van der Waals surface area contributed by atoms with E-state index in [1.54, 1.807) is 11.8 Å². The quantitative estimate of drug-likeness (QED) is 0.652. The van der Waals surface area contributed by atoms with E-state index in [0.29, 0.717) is 31.7 Å². The predicted octanol–water partition coefficient (Wildman–Crippen LogP) is 1.07. The summed E-state index contributed by atoms with van der Waals surface area (Å²) in [4.78, 5) is 22.6. The molecule has 1 saturated carbocycles. The maximum atomic E-state index is 11.7. The molecule has 1 atom stereocenters. The average Bonchev–Trinajstić information content (AvgIpc) is 2.42. The molecule has 19 heavy (non-hydrogen) atoms. The van der Waals surface area contributed by atoms with Crippen LogP contribution in [-0.2, 0) is 9.59 Å². The number of amides is 1. The number of rotatable bonds is 7. The molecule has 110 valence electrons. The van der Waals surface area contributed by atoms with Gasteiger partial charge in [-0.25, -0.2) is 0 Å². The second-order valence-electron chi connectivity index (χ2n) is 5.19. The standard InChI is InChI=1S/C13H24N2O3S/c1-19-7-6-11(14)12(16)15-8-9-2-4-10(5-3-9)13(17)18/h9-11H,2-8,14H2,1H3,(H,15,16)(H,17,18). The van der Waals surface area contributed by atoms with E-state index in [4.69, 9.17) is 10.8 Å². The first-order chi connectivity index (χ1) is 9.04. The number of hydrogen-bond donors (Lipinski definition) is 3. The van der Waals surface area contributed by atoms with Crippen LogP contribution < -0.4 is 11.1 Å². The predicted molar refractivity (Wildman–Crippen MR) is 77.1 cm³/mol. The number of nitrogens with two attached hydrogens (primary N) is 1. The largest absolute Gasteiger partial charge is 0.481 e. The Morgan fingerprint density at radius 1 is 1.37 bits per heavy atom. The Bertz CT molecular complexity index is 304. The summed E-state index contributed by atoms with van der Waals surface area (Å²) in [5, 5.41) is 11.8. The molecule has 1 fully saturated rings. The molecule has 0 aliphatic heterocycles. The van der Waals surface area contributed by atoms with Gasteiger partial charge in [0, 0.05) is 6.54 Å². The molecule has 0 heterocycles. The lowest BCUT2D eigenvalue weighted by atomic mass is 9.82.